The third-order valence-corrected chi connectivity index (χ3v) is 18.2. The Morgan fingerprint density at radius 2 is 0.523 bits per heavy atom. The van der Waals surface area contributed by atoms with E-state index < -0.39 is 0 Å². The molecule has 0 atom stereocenters. The number of nitrogens with zero attached hydrogens (tertiary/aromatic N) is 4. The molecule has 0 saturated heterocycles. The highest BCUT2D eigenvalue weighted by atomic mass is 32.1. The summed E-state index contributed by atoms with van der Waals surface area (Å²) in [6.45, 7) is 0. The third-order valence-electron chi connectivity index (χ3n) is 17.0. The second-order valence-electron chi connectivity index (χ2n) is 22.2. The van der Waals surface area contributed by atoms with Crippen LogP contribution in [0.15, 0.2) is 340 Å². The zero-order valence-corrected chi connectivity index (χ0v) is 48.8. The van der Waals surface area contributed by atoms with E-state index in [9.17, 15) is 0 Å². The van der Waals surface area contributed by atoms with Crippen LogP contribution >= 0.6 is 11.3 Å². The first kappa shape index (κ1) is 52.2. The van der Waals surface area contributed by atoms with Crippen molar-refractivity contribution in [3.05, 3.63) is 340 Å². The minimum Gasteiger partial charge on any atom is -0.309 e. The van der Waals surface area contributed by atoms with Gasteiger partial charge < -0.3 is 13.7 Å². The second kappa shape index (κ2) is 22.6. The van der Waals surface area contributed by atoms with Crippen molar-refractivity contribution in [2.45, 2.75) is 0 Å². The standard InChI is InChI=1S/C43H30N2.C40H26N2S/c1-5-15-32(16-6-1)39-29-36(30-40(44-39)33-17-7-2-8-18-33)31-25-27-37(28-26-31)45-41-24-14-13-23-38(41)42(34-19-9-3-10-20-34)43(45)35-21-11-4-12-22-35;1-5-13-35-31(9-1)32-10-2-6-14-36(32)41(35)29-21-17-27(18-22-29)39-25-26-40(43-39)28-19-23-30(24-20-28)42-37-15-7-3-11-33(37)34-12-4-8-16-38(34)42/h1-30H;1-26H. The number of pyridine rings is 1. The van der Waals surface area contributed by atoms with Crippen LogP contribution in [-0.4, -0.2) is 18.7 Å². The van der Waals surface area contributed by atoms with Gasteiger partial charge in [-0.2, -0.15) is 0 Å². The molecule has 4 nitrogen and oxygen atoms in total. The predicted octanol–water partition coefficient (Wildman–Crippen LogP) is 22.6. The first-order valence-electron chi connectivity index (χ1n) is 29.9. The summed E-state index contributed by atoms with van der Waals surface area (Å²) < 4.78 is 7.15. The maximum absolute atomic E-state index is 5.07. The molecule has 0 amide bonds. The summed E-state index contributed by atoms with van der Waals surface area (Å²) in [4.78, 5) is 7.62. The molecule has 0 radical (unpaired) electrons. The third kappa shape index (κ3) is 9.48. The van der Waals surface area contributed by atoms with Gasteiger partial charge in [0, 0.05) is 70.4 Å². The fourth-order valence-electron chi connectivity index (χ4n) is 12.9. The predicted molar refractivity (Wildman–Crippen MR) is 372 cm³/mol. The van der Waals surface area contributed by atoms with Crippen molar-refractivity contribution < 1.29 is 0 Å². The molecule has 0 aliphatic carbocycles. The van der Waals surface area contributed by atoms with Crippen molar-refractivity contribution in [2.75, 3.05) is 0 Å². The van der Waals surface area contributed by atoms with E-state index >= 15 is 0 Å². The maximum Gasteiger partial charge on any atom is 0.0715 e. The molecule has 0 aliphatic heterocycles. The number of thiophene rings is 1. The zero-order valence-electron chi connectivity index (χ0n) is 48.0. The number of para-hydroxylation sites is 5. The number of hydrogen-bond acceptors (Lipinski definition) is 2. The number of aromatic nitrogens is 4. The largest absolute Gasteiger partial charge is 0.309 e. The van der Waals surface area contributed by atoms with E-state index in [0.717, 1.165) is 39.3 Å². The Morgan fingerprint density at radius 3 is 0.920 bits per heavy atom. The van der Waals surface area contributed by atoms with Gasteiger partial charge in [0.2, 0.25) is 0 Å². The molecule has 0 spiro atoms. The lowest BCUT2D eigenvalue weighted by molar-refractivity contribution is 1.14. The maximum atomic E-state index is 5.07. The topological polar surface area (TPSA) is 27.7 Å². The van der Waals surface area contributed by atoms with Crippen molar-refractivity contribution in [2.24, 2.45) is 0 Å². The molecule has 17 rings (SSSR count). The Kier molecular flexibility index (Phi) is 13.4. The summed E-state index contributed by atoms with van der Waals surface area (Å²) in [5, 5.41) is 6.38. The van der Waals surface area contributed by atoms with Gasteiger partial charge in [-0.05, 0) is 124 Å². The molecular formula is C83H56N4S. The van der Waals surface area contributed by atoms with Gasteiger partial charge in [0.25, 0.3) is 0 Å². The van der Waals surface area contributed by atoms with Crippen LogP contribution in [0.25, 0.3) is 148 Å². The highest BCUT2D eigenvalue weighted by Crippen LogP contribution is 2.44. The normalized spacial score (nSPS) is 11.4. The minimum atomic E-state index is 0.964. The number of benzene rings is 12. The molecule has 17 aromatic rings. The van der Waals surface area contributed by atoms with Gasteiger partial charge in [-0.1, -0.05) is 249 Å². The fraction of sp³-hybridized carbons (Fsp3) is 0. The summed E-state index contributed by atoms with van der Waals surface area (Å²) in [6.07, 6.45) is 0. The first-order chi connectivity index (χ1) is 43.7. The smallest absolute Gasteiger partial charge is 0.0715 e. The van der Waals surface area contributed by atoms with Gasteiger partial charge in [-0.3, -0.25) is 0 Å². The second-order valence-corrected chi connectivity index (χ2v) is 23.3. The van der Waals surface area contributed by atoms with Gasteiger partial charge in [0.1, 0.15) is 0 Å². The van der Waals surface area contributed by atoms with E-state index in [0.29, 0.717) is 0 Å². The lowest BCUT2D eigenvalue weighted by Crippen LogP contribution is -1.98. The molecule has 0 aliphatic rings. The van der Waals surface area contributed by atoms with Crippen molar-refractivity contribution in [1.82, 2.24) is 18.7 Å². The molecule has 0 bridgehead atoms. The van der Waals surface area contributed by atoms with E-state index in [1.54, 1.807) is 0 Å². The average Bonchev–Trinajstić information content (AvgIpc) is 3.51. The SMILES string of the molecule is c1ccc(-c2cc(-c3ccc(-n4c(-c5ccccc5)c(-c5ccccc5)c5ccccc54)cc3)cc(-c3ccccc3)n2)cc1.c1ccc2c(c1)c1ccccc1n2-c1ccc(-c2ccc(-c3ccc(-n4c5ccccc5c5ccccc54)cc3)s2)cc1. The Labute approximate surface area is 515 Å². The van der Waals surface area contributed by atoms with Gasteiger partial charge in [0.15, 0.2) is 0 Å². The highest BCUT2D eigenvalue weighted by Gasteiger charge is 2.22. The van der Waals surface area contributed by atoms with Crippen LogP contribution in [0.5, 0.6) is 0 Å². The quantitative estimate of drug-likeness (QED) is 0.134. The van der Waals surface area contributed by atoms with E-state index in [4.69, 9.17) is 4.98 Å². The molecule has 414 valence electrons. The van der Waals surface area contributed by atoms with Crippen molar-refractivity contribution >= 4 is 65.9 Å². The molecule has 88 heavy (non-hydrogen) atoms. The highest BCUT2D eigenvalue weighted by molar-refractivity contribution is 7.18. The fourth-order valence-corrected chi connectivity index (χ4v) is 13.9. The van der Waals surface area contributed by atoms with Gasteiger partial charge in [0.05, 0.1) is 44.7 Å². The van der Waals surface area contributed by atoms with Crippen LogP contribution in [0.3, 0.4) is 0 Å². The van der Waals surface area contributed by atoms with Crippen molar-refractivity contribution in [3.63, 3.8) is 0 Å². The zero-order chi connectivity index (χ0) is 58.3. The molecule has 0 N–H and O–H groups in total. The van der Waals surface area contributed by atoms with Crippen molar-refractivity contribution in [1.29, 1.82) is 0 Å². The van der Waals surface area contributed by atoms with Crippen LogP contribution in [0.4, 0.5) is 0 Å². The molecule has 0 fully saturated rings. The van der Waals surface area contributed by atoms with E-state index in [-0.39, 0.29) is 0 Å². The summed E-state index contributed by atoms with van der Waals surface area (Å²) in [5.74, 6) is 0. The summed E-state index contributed by atoms with van der Waals surface area (Å²) in [5.41, 5.74) is 23.3. The lowest BCUT2D eigenvalue weighted by atomic mass is 9.98. The Balaban J connectivity index is 0.000000142. The Bertz CT molecular complexity index is 4990. The van der Waals surface area contributed by atoms with Crippen molar-refractivity contribution in [3.8, 4) is 94.0 Å². The summed E-state index contributed by atoms with van der Waals surface area (Å²) in [6, 6.07) is 122. The van der Waals surface area contributed by atoms with Crippen LogP contribution in [-0.2, 0) is 0 Å². The molecule has 5 heterocycles. The molecule has 5 heteroatoms. The summed E-state index contributed by atoms with van der Waals surface area (Å²) >= 11 is 1.84. The average molecular weight is 1140 g/mol. The van der Waals surface area contributed by atoms with Crippen LogP contribution in [0.2, 0.25) is 0 Å². The number of fused-ring (bicyclic) bond motifs is 7. The minimum absolute atomic E-state index is 0.964. The van der Waals surface area contributed by atoms with Gasteiger partial charge >= 0.3 is 0 Å². The van der Waals surface area contributed by atoms with E-state index in [2.05, 4.69) is 341 Å². The molecule has 5 aromatic heterocycles. The monoisotopic (exact) mass is 1140 g/mol. The molecule has 12 aromatic carbocycles. The van der Waals surface area contributed by atoms with Crippen LogP contribution < -0.4 is 0 Å². The van der Waals surface area contributed by atoms with E-state index in [1.165, 1.54) is 109 Å². The Hall–Kier alpha value is -11.4. The molecule has 0 unspecified atom stereocenters. The van der Waals surface area contributed by atoms with Gasteiger partial charge in [-0.25, -0.2) is 4.98 Å². The lowest BCUT2D eigenvalue weighted by Gasteiger charge is -2.15. The van der Waals surface area contributed by atoms with E-state index in [1.807, 2.05) is 23.5 Å². The Morgan fingerprint density at radius 1 is 0.216 bits per heavy atom. The van der Waals surface area contributed by atoms with Crippen LogP contribution in [0, 0.1) is 0 Å². The number of rotatable bonds is 10. The van der Waals surface area contributed by atoms with Crippen LogP contribution in [0.1, 0.15) is 0 Å². The summed E-state index contributed by atoms with van der Waals surface area (Å²) in [7, 11) is 0. The number of hydrogen-bond donors (Lipinski definition) is 0. The molecule has 0 saturated carbocycles. The molecular weight excluding hydrogens is 1090 g/mol. The van der Waals surface area contributed by atoms with Gasteiger partial charge in [-0.15, -0.1) is 11.3 Å². The first-order valence-corrected chi connectivity index (χ1v) is 30.7.